The lowest BCUT2D eigenvalue weighted by Crippen LogP contribution is -2.31. The first-order valence-electron chi connectivity index (χ1n) is 6.97. The maximum absolute atomic E-state index is 4.54. The minimum absolute atomic E-state index is 0.593. The third kappa shape index (κ3) is 3.02. The molecular weight excluding hydrogens is 210 g/mol. The lowest BCUT2D eigenvalue weighted by atomic mass is 9.83. The van der Waals surface area contributed by atoms with E-state index in [0.29, 0.717) is 6.04 Å². The minimum Gasteiger partial charge on any atom is -0.353 e. The highest BCUT2D eigenvalue weighted by molar-refractivity contribution is 5.30. The van der Waals surface area contributed by atoms with Crippen molar-refractivity contribution >= 4 is 5.95 Å². The number of hydrogen-bond donors (Lipinski definition) is 1. The zero-order chi connectivity index (χ0) is 12.3. The van der Waals surface area contributed by atoms with Crippen LogP contribution in [-0.4, -0.2) is 15.6 Å². The lowest BCUT2D eigenvalue weighted by molar-refractivity contribution is 0.312. The normalized spacial score (nSPS) is 19.2. The smallest absolute Gasteiger partial charge is 0.203 e. The number of anilines is 1. The Bertz CT molecular complexity index is 350. The zero-order valence-corrected chi connectivity index (χ0v) is 11.4. The number of rotatable bonds is 4. The Hall–Kier alpha value is -0.990. The van der Waals surface area contributed by atoms with E-state index in [0.717, 1.165) is 17.6 Å². The number of aromatic nitrogens is 2. The quantitative estimate of drug-likeness (QED) is 0.865. The van der Waals surface area contributed by atoms with Crippen molar-refractivity contribution in [2.24, 2.45) is 13.0 Å². The maximum atomic E-state index is 4.54. The summed E-state index contributed by atoms with van der Waals surface area (Å²) in [5.41, 5.74) is 1.09. The van der Waals surface area contributed by atoms with Gasteiger partial charge in [0.15, 0.2) is 0 Å². The van der Waals surface area contributed by atoms with Gasteiger partial charge >= 0.3 is 0 Å². The van der Waals surface area contributed by atoms with Gasteiger partial charge in [0, 0.05) is 19.3 Å². The van der Waals surface area contributed by atoms with Crippen LogP contribution in [0, 0.1) is 12.8 Å². The van der Waals surface area contributed by atoms with E-state index in [-0.39, 0.29) is 0 Å². The van der Waals surface area contributed by atoms with E-state index in [1.807, 2.05) is 6.92 Å². The average molecular weight is 235 g/mol. The van der Waals surface area contributed by atoms with Crippen LogP contribution in [0.5, 0.6) is 0 Å². The molecule has 0 aliphatic heterocycles. The molecule has 3 heteroatoms. The summed E-state index contributed by atoms with van der Waals surface area (Å²) in [6.45, 7) is 4.33. The van der Waals surface area contributed by atoms with Crippen LogP contribution >= 0.6 is 0 Å². The van der Waals surface area contributed by atoms with Crippen LogP contribution in [0.3, 0.4) is 0 Å². The molecule has 1 aromatic rings. The van der Waals surface area contributed by atoms with Gasteiger partial charge in [-0.15, -0.1) is 0 Å². The van der Waals surface area contributed by atoms with Crippen LogP contribution in [0.2, 0.25) is 0 Å². The summed E-state index contributed by atoms with van der Waals surface area (Å²) in [6.07, 6.45) is 10.3. The number of aryl methyl sites for hydroxylation is 2. The summed E-state index contributed by atoms with van der Waals surface area (Å²) < 4.78 is 2.10. The van der Waals surface area contributed by atoms with E-state index in [2.05, 4.69) is 35.0 Å². The Morgan fingerprint density at radius 1 is 1.41 bits per heavy atom. The van der Waals surface area contributed by atoms with Crippen LogP contribution in [0.4, 0.5) is 5.95 Å². The highest BCUT2D eigenvalue weighted by atomic mass is 15.2. The van der Waals surface area contributed by atoms with Gasteiger partial charge in [0.1, 0.15) is 0 Å². The number of nitrogens with zero attached hydrogens (tertiary/aromatic N) is 2. The predicted molar refractivity (Wildman–Crippen MR) is 72.2 cm³/mol. The molecule has 1 saturated carbocycles. The molecule has 0 bridgehead atoms. The molecule has 17 heavy (non-hydrogen) atoms. The van der Waals surface area contributed by atoms with Crippen LogP contribution in [0.1, 0.15) is 51.1 Å². The summed E-state index contributed by atoms with van der Waals surface area (Å²) in [4.78, 5) is 4.54. The summed E-state index contributed by atoms with van der Waals surface area (Å²) in [5, 5.41) is 3.64. The van der Waals surface area contributed by atoms with Gasteiger partial charge in [-0.05, 0) is 32.1 Å². The molecule has 1 aromatic heterocycles. The second-order valence-electron chi connectivity index (χ2n) is 5.37. The molecule has 0 aromatic carbocycles. The van der Waals surface area contributed by atoms with Gasteiger partial charge in [0.2, 0.25) is 5.95 Å². The fourth-order valence-electron chi connectivity index (χ4n) is 3.01. The Morgan fingerprint density at radius 3 is 2.65 bits per heavy atom. The van der Waals surface area contributed by atoms with Crippen LogP contribution in [0.25, 0.3) is 0 Å². The van der Waals surface area contributed by atoms with Crippen molar-refractivity contribution in [1.29, 1.82) is 0 Å². The first kappa shape index (κ1) is 12.5. The molecule has 1 aliphatic rings. The van der Waals surface area contributed by atoms with E-state index in [1.54, 1.807) is 0 Å². The average Bonchev–Trinajstić information content (AvgIpc) is 2.66. The molecule has 96 valence electrons. The van der Waals surface area contributed by atoms with Gasteiger partial charge in [-0.2, -0.15) is 0 Å². The Morgan fingerprint density at radius 2 is 2.12 bits per heavy atom. The molecule has 1 fully saturated rings. The van der Waals surface area contributed by atoms with Crippen molar-refractivity contribution < 1.29 is 0 Å². The van der Waals surface area contributed by atoms with Crippen molar-refractivity contribution in [3.63, 3.8) is 0 Å². The molecule has 0 amide bonds. The Labute approximate surface area is 105 Å². The number of imidazole rings is 1. The van der Waals surface area contributed by atoms with Gasteiger partial charge in [-0.25, -0.2) is 4.98 Å². The van der Waals surface area contributed by atoms with Crippen molar-refractivity contribution in [3.05, 3.63) is 11.9 Å². The molecule has 0 radical (unpaired) electrons. The molecule has 2 rings (SSSR count). The third-order valence-corrected chi connectivity index (χ3v) is 3.97. The van der Waals surface area contributed by atoms with Crippen LogP contribution < -0.4 is 5.32 Å². The second kappa shape index (κ2) is 5.56. The standard InChI is InChI=1S/C14H25N3/c1-4-13(12-8-6-5-7-9-12)16-14-15-11(2)10-17(14)3/h10,12-13H,4-9H2,1-3H3,(H,15,16). The predicted octanol–water partition coefficient (Wildman–Crippen LogP) is 3.50. The van der Waals surface area contributed by atoms with Gasteiger partial charge in [-0.3, -0.25) is 0 Å². The molecule has 1 N–H and O–H groups in total. The van der Waals surface area contributed by atoms with Crippen LogP contribution in [-0.2, 0) is 7.05 Å². The zero-order valence-electron chi connectivity index (χ0n) is 11.4. The summed E-state index contributed by atoms with van der Waals surface area (Å²) in [5.74, 6) is 1.87. The van der Waals surface area contributed by atoms with Crippen molar-refractivity contribution in [1.82, 2.24) is 9.55 Å². The van der Waals surface area contributed by atoms with Gasteiger partial charge in [-0.1, -0.05) is 26.2 Å². The van der Waals surface area contributed by atoms with E-state index in [1.165, 1.54) is 38.5 Å². The van der Waals surface area contributed by atoms with Gasteiger partial charge in [0.05, 0.1) is 5.69 Å². The molecule has 1 unspecified atom stereocenters. The first-order valence-corrected chi connectivity index (χ1v) is 6.97. The highest BCUT2D eigenvalue weighted by Crippen LogP contribution is 2.29. The summed E-state index contributed by atoms with van der Waals surface area (Å²) in [7, 11) is 2.07. The van der Waals surface area contributed by atoms with E-state index in [4.69, 9.17) is 0 Å². The van der Waals surface area contributed by atoms with Crippen molar-refractivity contribution in [3.8, 4) is 0 Å². The maximum Gasteiger partial charge on any atom is 0.203 e. The molecule has 0 saturated heterocycles. The van der Waals surface area contributed by atoms with Crippen LogP contribution in [0.15, 0.2) is 6.20 Å². The van der Waals surface area contributed by atoms with Gasteiger partial charge < -0.3 is 9.88 Å². The lowest BCUT2D eigenvalue weighted by Gasteiger charge is -2.30. The Kier molecular flexibility index (Phi) is 4.08. The minimum atomic E-state index is 0.593. The van der Waals surface area contributed by atoms with Crippen molar-refractivity contribution in [2.45, 2.75) is 58.4 Å². The van der Waals surface area contributed by atoms with E-state index >= 15 is 0 Å². The molecule has 1 heterocycles. The molecule has 0 spiro atoms. The molecule has 3 nitrogen and oxygen atoms in total. The van der Waals surface area contributed by atoms with E-state index in [9.17, 15) is 0 Å². The monoisotopic (exact) mass is 235 g/mol. The van der Waals surface area contributed by atoms with Crippen molar-refractivity contribution in [2.75, 3.05) is 5.32 Å². The van der Waals surface area contributed by atoms with Gasteiger partial charge in [0.25, 0.3) is 0 Å². The highest BCUT2D eigenvalue weighted by Gasteiger charge is 2.23. The third-order valence-electron chi connectivity index (χ3n) is 3.97. The Balaban J connectivity index is 2.01. The molecular formula is C14H25N3. The molecule has 1 atom stereocenters. The fraction of sp³-hybridized carbons (Fsp3) is 0.786. The largest absolute Gasteiger partial charge is 0.353 e. The summed E-state index contributed by atoms with van der Waals surface area (Å²) >= 11 is 0. The summed E-state index contributed by atoms with van der Waals surface area (Å²) in [6, 6.07) is 0.593. The topological polar surface area (TPSA) is 29.9 Å². The first-order chi connectivity index (χ1) is 8.20. The number of hydrogen-bond acceptors (Lipinski definition) is 2. The molecule has 1 aliphatic carbocycles. The second-order valence-corrected chi connectivity index (χ2v) is 5.37. The van der Waals surface area contributed by atoms with E-state index < -0.39 is 0 Å². The number of nitrogens with one attached hydrogen (secondary N) is 1. The SMILES string of the molecule is CCC(Nc1nc(C)cn1C)C1CCCCC1. The fourth-order valence-corrected chi connectivity index (χ4v) is 3.01.